The van der Waals surface area contributed by atoms with Gasteiger partial charge < -0.3 is 29.9 Å². The first-order valence-electron chi connectivity index (χ1n) is 18.6. The number of rotatable bonds is 10. The molecule has 1 saturated carbocycles. The average Bonchev–Trinajstić information content (AvgIpc) is 3.36. The van der Waals surface area contributed by atoms with Gasteiger partial charge in [0.05, 0.1) is 39.0 Å². The SMILES string of the molecule is COc1ccc(CN(CC2(O)CCC3c4ccc(cc4C(=O)Cc4c(F)cccc4Cl)CC(O)CCC(C)=CCCC32C)C(=O)NC(C)C)c(OC)c1. The molecule has 3 aliphatic carbocycles. The van der Waals surface area contributed by atoms with Gasteiger partial charge in [-0.2, -0.15) is 0 Å². The summed E-state index contributed by atoms with van der Waals surface area (Å²) in [4.78, 5) is 29.8. The van der Waals surface area contributed by atoms with Gasteiger partial charge in [0.25, 0.3) is 0 Å². The molecule has 0 aliphatic heterocycles. The zero-order valence-corrected chi connectivity index (χ0v) is 32.6. The molecule has 3 aliphatic rings. The number of amides is 2. The van der Waals surface area contributed by atoms with Gasteiger partial charge in [0.1, 0.15) is 17.3 Å². The van der Waals surface area contributed by atoms with Crippen molar-refractivity contribution in [2.75, 3.05) is 20.8 Å². The van der Waals surface area contributed by atoms with E-state index in [9.17, 15) is 24.2 Å². The smallest absolute Gasteiger partial charge is 0.317 e. The van der Waals surface area contributed by atoms with Crippen molar-refractivity contribution in [2.24, 2.45) is 5.41 Å². The predicted octanol–water partition coefficient (Wildman–Crippen LogP) is 8.58. The minimum Gasteiger partial charge on any atom is -0.497 e. The van der Waals surface area contributed by atoms with Crippen molar-refractivity contribution < 1.29 is 33.7 Å². The number of Topliss-reactive ketones (excluding diaryl/α,β-unsaturated/α-hetero) is 1. The van der Waals surface area contributed by atoms with Crippen LogP contribution >= 0.6 is 11.6 Å². The van der Waals surface area contributed by atoms with E-state index >= 15 is 0 Å². The average molecular weight is 749 g/mol. The maximum absolute atomic E-state index is 15.0. The zero-order valence-electron chi connectivity index (χ0n) is 31.8. The maximum atomic E-state index is 15.0. The summed E-state index contributed by atoms with van der Waals surface area (Å²) >= 11 is 6.39. The molecule has 0 saturated heterocycles. The molecule has 286 valence electrons. The molecule has 0 spiro atoms. The van der Waals surface area contributed by atoms with Gasteiger partial charge in [0.15, 0.2) is 5.78 Å². The van der Waals surface area contributed by atoms with Crippen molar-refractivity contribution in [3.05, 3.63) is 105 Å². The molecule has 6 rings (SSSR count). The van der Waals surface area contributed by atoms with Crippen LogP contribution in [0.25, 0.3) is 0 Å². The summed E-state index contributed by atoms with van der Waals surface area (Å²) in [5.74, 6) is 0.0877. The number of carbonyl (C=O) groups is 2. The fourth-order valence-corrected chi connectivity index (χ4v) is 8.47. The summed E-state index contributed by atoms with van der Waals surface area (Å²) in [5, 5.41) is 27.2. The standard InChI is InChI=1S/C43H54ClFN2O6/c1-27(2)46-41(50)47(25-30-14-16-32(52-5)23-40(30)53-6)26-43(51)20-18-36-33-17-13-29(21-31(48)15-12-28(3)9-8-19-42(36,43)4)22-34(33)39(49)24-35-37(44)10-7-11-38(35)45/h7,9-11,13-14,16-17,22-23,27,31,36,48,51H,8,12,15,18-21,24-26H2,1-6H3,(H,46,50). The van der Waals surface area contributed by atoms with Crippen LogP contribution in [0, 0.1) is 11.2 Å². The van der Waals surface area contributed by atoms with Gasteiger partial charge in [-0.05, 0) is 113 Å². The number of hydrogen-bond donors (Lipinski definition) is 3. The van der Waals surface area contributed by atoms with Crippen LogP contribution < -0.4 is 14.8 Å². The van der Waals surface area contributed by atoms with Gasteiger partial charge in [-0.3, -0.25) is 4.79 Å². The van der Waals surface area contributed by atoms with E-state index in [1.54, 1.807) is 31.3 Å². The maximum Gasteiger partial charge on any atom is 0.317 e. The molecule has 53 heavy (non-hydrogen) atoms. The Balaban J connectivity index is 1.59. The van der Waals surface area contributed by atoms with E-state index in [2.05, 4.69) is 25.2 Å². The third-order valence-electron chi connectivity index (χ3n) is 11.4. The molecular weight excluding hydrogens is 695 g/mol. The molecule has 0 radical (unpaired) electrons. The number of benzene rings is 3. The number of urea groups is 1. The molecule has 2 amide bonds. The zero-order chi connectivity index (χ0) is 38.5. The molecule has 8 nitrogen and oxygen atoms in total. The number of allylic oxidation sites excluding steroid dienone is 2. The van der Waals surface area contributed by atoms with Crippen molar-refractivity contribution in [2.45, 2.75) is 109 Å². The minimum atomic E-state index is -1.35. The number of ketones is 1. The molecule has 4 unspecified atom stereocenters. The first kappa shape index (κ1) is 40.3. The summed E-state index contributed by atoms with van der Waals surface area (Å²) in [5.41, 5.74) is 1.94. The third kappa shape index (κ3) is 9.07. The molecule has 3 aromatic carbocycles. The van der Waals surface area contributed by atoms with Crippen LogP contribution in [0.5, 0.6) is 11.5 Å². The summed E-state index contributed by atoms with van der Waals surface area (Å²) in [7, 11) is 3.15. The van der Waals surface area contributed by atoms with Gasteiger partial charge in [0, 0.05) is 45.7 Å². The molecule has 3 aromatic rings. The molecule has 0 aromatic heterocycles. The Morgan fingerprint density at radius 2 is 1.85 bits per heavy atom. The lowest BCUT2D eigenvalue weighted by molar-refractivity contribution is -0.0781. The Kier molecular flexibility index (Phi) is 12.9. The molecule has 4 atom stereocenters. The molecule has 2 bridgehead atoms. The van der Waals surface area contributed by atoms with E-state index in [1.165, 1.54) is 17.7 Å². The first-order chi connectivity index (χ1) is 25.2. The monoisotopic (exact) mass is 748 g/mol. The van der Waals surface area contributed by atoms with Crippen LogP contribution in [0.1, 0.15) is 105 Å². The third-order valence-corrected chi connectivity index (χ3v) is 11.7. The molecule has 1 fully saturated rings. The highest BCUT2D eigenvalue weighted by Crippen LogP contribution is 2.59. The highest BCUT2D eigenvalue weighted by molar-refractivity contribution is 6.31. The summed E-state index contributed by atoms with van der Waals surface area (Å²) < 4.78 is 26.1. The normalized spacial score (nSPS) is 23.2. The molecule has 3 N–H and O–H groups in total. The van der Waals surface area contributed by atoms with Gasteiger partial charge in [-0.15, -0.1) is 0 Å². The second kappa shape index (κ2) is 17.0. The number of carbonyl (C=O) groups excluding carboxylic acids is 2. The number of fused-ring (bicyclic) bond motifs is 8. The van der Waals surface area contributed by atoms with Crippen molar-refractivity contribution in [3.63, 3.8) is 0 Å². The second-order valence-electron chi connectivity index (χ2n) is 15.4. The van der Waals surface area contributed by atoms with Crippen LogP contribution in [0.3, 0.4) is 0 Å². The van der Waals surface area contributed by atoms with Crippen LogP contribution in [-0.4, -0.2) is 65.4 Å². The molecule has 10 heteroatoms. The Bertz CT molecular complexity index is 1810. The van der Waals surface area contributed by atoms with Crippen LogP contribution in [-0.2, 0) is 19.4 Å². The van der Waals surface area contributed by atoms with E-state index in [-0.39, 0.29) is 53.9 Å². The highest BCUT2D eigenvalue weighted by Gasteiger charge is 2.57. The fraction of sp³-hybridized carbons (Fsp3) is 0.488. The van der Waals surface area contributed by atoms with E-state index in [0.29, 0.717) is 62.0 Å². The molecule has 0 heterocycles. The largest absolute Gasteiger partial charge is 0.497 e. The minimum absolute atomic E-state index is 0.0365. The summed E-state index contributed by atoms with van der Waals surface area (Å²) in [6.45, 7) is 8.15. The van der Waals surface area contributed by atoms with Gasteiger partial charge in [-0.1, -0.05) is 48.4 Å². The van der Waals surface area contributed by atoms with Crippen LogP contribution in [0.15, 0.2) is 66.2 Å². The Morgan fingerprint density at radius 1 is 1.08 bits per heavy atom. The quantitative estimate of drug-likeness (QED) is 0.142. The highest BCUT2D eigenvalue weighted by atomic mass is 35.5. The lowest BCUT2D eigenvalue weighted by atomic mass is 9.64. The molecular formula is C43H54ClFN2O6. The van der Waals surface area contributed by atoms with E-state index in [1.807, 2.05) is 44.2 Å². The van der Waals surface area contributed by atoms with Crippen LogP contribution in [0.2, 0.25) is 5.02 Å². The lowest BCUT2D eigenvalue weighted by Crippen LogP contribution is -2.55. The number of hydrogen-bond acceptors (Lipinski definition) is 6. The van der Waals surface area contributed by atoms with E-state index < -0.39 is 22.9 Å². The number of halogens is 2. The number of ether oxygens (including phenoxy) is 2. The Hall–Kier alpha value is -3.92. The topological polar surface area (TPSA) is 108 Å². The van der Waals surface area contributed by atoms with E-state index in [0.717, 1.165) is 16.7 Å². The van der Waals surface area contributed by atoms with Crippen molar-refractivity contribution >= 4 is 23.4 Å². The van der Waals surface area contributed by atoms with Gasteiger partial charge in [-0.25, -0.2) is 9.18 Å². The van der Waals surface area contributed by atoms with Crippen molar-refractivity contribution in [1.29, 1.82) is 0 Å². The van der Waals surface area contributed by atoms with Crippen molar-refractivity contribution in [3.8, 4) is 11.5 Å². The number of nitrogens with zero attached hydrogens (tertiary/aromatic N) is 1. The van der Waals surface area contributed by atoms with E-state index in [4.69, 9.17) is 21.1 Å². The van der Waals surface area contributed by atoms with Crippen molar-refractivity contribution in [1.82, 2.24) is 10.2 Å². The fourth-order valence-electron chi connectivity index (χ4n) is 8.24. The second-order valence-corrected chi connectivity index (χ2v) is 15.8. The number of nitrogens with one attached hydrogen (secondary N) is 1. The van der Waals surface area contributed by atoms with Crippen LogP contribution in [0.4, 0.5) is 9.18 Å². The van der Waals surface area contributed by atoms with Gasteiger partial charge >= 0.3 is 6.03 Å². The first-order valence-corrected chi connectivity index (χ1v) is 19.0. The number of aliphatic hydroxyl groups is 2. The number of aliphatic hydroxyl groups excluding tert-OH is 1. The van der Waals surface area contributed by atoms with Gasteiger partial charge in [0.2, 0.25) is 0 Å². The summed E-state index contributed by atoms with van der Waals surface area (Å²) in [6, 6.07) is 15.1. The Morgan fingerprint density at radius 3 is 2.55 bits per heavy atom. The Labute approximate surface area is 318 Å². The predicted molar refractivity (Wildman–Crippen MR) is 206 cm³/mol. The summed E-state index contributed by atoms with van der Waals surface area (Å²) in [6.07, 6.45) is 5.19. The lowest BCUT2D eigenvalue weighted by Gasteiger charge is -2.46. The number of methoxy groups -OCH3 is 2.